The first-order valence-corrected chi connectivity index (χ1v) is 6.43. The zero-order valence-corrected chi connectivity index (χ0v) is 9.57. The van der Waals surface area contributed by atoms with Crippen molar-refractivity contribution in [3.8, 4) is 0 Å². The Balaban J connectivity index is 1.92. The molecule has 0 amide bonds. The number of hydrogen-bond acceptors (Lipinski definition) is 3. The van der Waals surface area contributed by atoms with Crippen LogP contribution in [0.5, 0.6) is 0 Å². The van der Waals surface area contributed by atoms with E-state index >= 15 is 0 Å². The van der Waals surface area contributed by atoms with Gasteiger partial charge < -0.3 is 10.8 Å². The fourth-order valence-electron chi connectivity index (χ4n) is 3.31. The molecule has 0 bridgehead atoms. The van der Waals surface area contributed by atoms with Crippen LogP contribution in [0.15, 0.2) is 0 Å². The molecule has 2 fully saturated rings. The second-order valence-electron chi connectivity index (χ2n) is 5.13. The Hall–Kier alpha value is -0.120. The third-order valence-electron chi connectivity index (χ3n) is 4.07. The molecule has 2 rings (SSSR count). The van der Waals surface area contributed by atoms with Gasteiger partial charge in [0.2, 0.25) is 0 Å². The summed E-state index contributed by atoms with van der Waals surface area (Å²) in [6.45, 7) is 1.14. The molecule has 0 aliphatic heterocycles. The molecule has 3 heteroatoms. The molecule has 0 radical (unpaired) electrons. The van der Waals surface area contributed by atoms with E-state index in [0.717, 1.165) is 19.0 Å². The van der Waals surface area contributed by atoms with Crippen LogP contribution in [0.2, 0.25) is 0 Å². The van der Waals surface area contributed by atoms with E-state index < -0.39 is 0 Å². The van der Waals surface area contributed by atoms with E-state index in [2.05, 4.69) is 4.90 Å². The van der Waals surface area contributed by atoms with Crippen molar-refractivity contribution in [2.24, 2.45) is 5.73 Å². The van der Waals surface area contributed by atoms with E-state index in [-0.39, 0.29) is 0 Å². The number of nitrogens with two attached hydrogens (primary N) is 1. The maximum absolute atomic E-state index is 9.15. The quantitative estimate of drug-likeness (QED) is 0.734. The summed E-state index contributed by atoms with van der Waals surface area (Å²) in [5, 5.41) is 9.15. The lowest BCUT2D eigenvalue weighted by Crippen LogP contribution is -2.43. The molecule has 0 aromatic carbocycles. The summed E-state index contributed by atoms with van der Waals surface area (Å²) in [4.78, 5) is 2.54. The molecule has 2 aliphatic rings. The summed E-state index contributed by atoms with van der Waals surface area (Å²) in [6, 6.07) is 1.78. The molecule has 88 valence electrons. The highest BCUT2D eigenvalue weighted by Crippen LogP contribution is 2.30. The Kier molecular flexibility index (Phi) is 4.00. The summed E-state index contributed by atoms with van der Waals surface area (Å²) in [7, 11) is 0. The van der Waals surface area contributed by atoms with Gasteiger partial charge in [-0.3, -0.25) is 4.90 Å². The van der Waals surface area contributed by atoms with Crippen LogP contribution in [-0.4, -0.2) is 41.3 Å². The molecule has 3 N–H and O–H groups in total. The Bertz CT molecular complexity index is 192. The molecule has 3 nitrogen and oxygen atoms in total. The van der Waals surface area contributed by atoms with Gasteiger partial charge in [0.25, 0.3) is 0 Å². The van der Waals surface area contributed by atoms with Crippen LogP contribution in [0.1, 0.15) is 44.9 Å². The van der Waals surface area contributed by atoms with Gasteiger partial charge in [-0.05, 0) is 32.1 Å². The van der Waals surface area contributed by atoms with Crippen LogP contribution in [-0.2, 0) is 0 Å². The molecule has 0 heterocycles. The molecule has 0 saturated heterocycles. The Labute approximate surface area is 92.6 Å². The number of hydrogen-bond donors (Lipinski definition) is 2. The maximum Gasteiger partial charge on any atom is 0.0558 e. The molecule has 2 atom stereocenters. The van der Waals surface area contributed by atoms with E-state index in [4.69, 9.17) is 10.8 Å². The third kappa shape index (κ3) is 2.71. The van der Waals surface area contributed by atoms with E-state index in [1.165, 1.54) is 38.5 Å². The second-order valence-corrected chi connectivity index (χ2v) is 5.13. The first kappa shape index (κ1) is 11.4. The van der Waals surface area contributed by atoms with Crippen LogP contribution in [0.4, 0.5) is 0 Å². The van der Waals surface area contributed by atoms with Gasteiger partial charge in [0.15, 0.2) is 0 Å². The van der Waals surface area contributed by atoms with Crippen LogP contribution < -0.4 is 5.73 Å². The van der Waals surface area contributed by atoms with Crippen molar-refractivity contribution in [3.05, 3.63) is 0 Å². The highest BCUT2D eigenvalue weighted by Gasteiger charge is 2.32. The zero-order valence-electron chi connectivity index (χ0n) is 9.57. The van der Waals surface area contributed by atoms with Gasteiger partial charge >= 0.3 is 0 Å². The van der Waals surface area contributed by atoms with Crippen molar-refractivity contribution < 1.29 is 5.11 Å². The molecule has 2 saturated carbocycles. The standard InChI is InChI=1S/C12H24N2O/c13-10-5-6-12(9-10)14(7-8-15)11-3-1-2-4-11/h10-12,15H,1-9,13H2. The van der Waals surface area contributed by atoms with Gasteiger partial charge in [0.1, 0.15) is 0 Å². The monoisotopic (exact) mass is 212 g/mol. The molecule has 2 unspecified atom stereocenters. The van der Waals surface area contributed by atoms with E-state index in [1.807, 2.05) is 0 Å². The smallest absolute Gasteiger partial charge is 0.0558 e. The predicted molar refractivity (Wildman–Crippen MR) is 61.7 cm³/mol. The lowest BCUT2D eigenvalue weighted by Gasteiger charge is -2.34. The molecule has 2 aliphatic carbocycles. The Morgan fingerprint density at radius 3 is 2.33 bits per heavy atom. The van der Waals surface area contributed by atoms with Crippen molar-refractivity contribution >= 4 is 0 Å². The molecular formula is C12H24N2O. The van der Waals surface area contributed by atoms with Gasteiger partial charge in [0, 0.05) is 24.7 Å². The van der Waals surface area contributed by atoms with Crippen molar-refractivity contribution in [1.29, 1.82) is 0 Å². The van der Waals surface area contributed by atoms with Crippen LogP contribution in [0.25, 0.3) is 0 Å². The lowest BCUT2D eigenvalue weighted by molar-refractivity contribution is 0.105. The predicted octanol–water partition coefficient (Wildman–Crippen LogP) is 1.10. The highest BCUT2D eigenvalue weighted by molar-refractivity contribution is 4.89. The summed E-state index contributed by atoms with van der Waals surface area (Å²) in [5.74, 6) is 0. The Morgan fingerprint density at radius 1 is 1.07 bits per heavy atom. The fraction of sp³-hybridized carbons (Fsp3) is 1.00. The maximum atomic E-state index is 9.15. The fourth-order valence-corrected chi connectivity index (χ4v) is 3.31. The van der Waals surface area contributed by atoms with Crippen LogP contribution in [0.3, 0.4) is 0 Å². The molecule has 0 aromatic rings. The normalized spacial score (nSPS) is 33.0. The first-order chi connectivity index (χ1) is 7.31. The highest BCUT2D eigenvalue weighted by atomic mass is 16.3. The van der Waals surface area contributed by atoms with Gasteiger partial charge in [-0.2, -0.15) is 0 Å². The van der Waals surface area contributed by atoms with Crippen LogP contribution >= 0.6 is 0 Å². The second kappa shape index (κ2) is 5.28. The first-order valence-electron chi connectivity index (χ1n) is 6.43. The minimum atomic E-state index is 0.294. The van der Waals surface area contributed by atoms with Crippen molar-refractivity contribution in [2.45, 2.75) is 63.1 Å². The van der Waals surface area contributed by atoms with Crippen molar-refractivity contribution in [1.82, 2.24) is 4.90 Å². The summed E-state index contributed by atoms with van der Waals surface area (Å²) in [5.41, 5.74) is 5.97. The molecule has 0 aromatic heterocycles. The van der Waals surface area contributed by atoms with Gasteiger partial charge in [-0.15, -0.1) is 0 Å². The zero-order chi connectivity index (χ0) is 10.7. The number of rotatable bonds is 4. The van der Waals surface area contributed by atoms with Gasteiger partial charge in [-0.1, -0.05) is 12.8 Å². The summed E-state index contributed by atoms with van der Waals surface area (Å²) < 4.78 is 0. The van der Waals surface area contributed by atoms with Gasteiger partial charge in [0.05, 0.1) is 6.61 Å². The van der Waals surface area contributed by atoms with E-state index in [1.54, 1.807) is 0 Å². The molecule has 0 spiro atoms. The average Bonchev–Trinajstić information content (AvgIpc) is 2.85. The third-order valence-corrected chi connectivity index (χ3v) is 4.07. The minimum Gasteiger partial charge on any atom is -0.395 e. The SMILES string of the molecule is NC1CCC(N(CCO)C2CCCC2)C1. The number of aliphatic hydroxyl groups is 1. The van der Waals surface area contributed by atoms with Crippen LogP contribution in [0, 0.1) is 0 Å². The van der Waals surface area contributed by atoms with E-state index in [0.29, 0.717) is 18.7 Å². The molecule has 15 heavy (non-hydrogen) atoms. The summed E-state index contributed by atoms with van der Waals surface area (Å²) >= 11 is 0. The van der Waals surface area contributed by atoms with E-state index in [9.17, 15) is 0 Å². The number of nitrogens with zero attached hydrogens (tertiary/aromatic N) is 1. The van der Waals surface area contributed by atoms with Crippen molar-refractivity contribution in [3.63, 3.8) is 0 Å². The largest absolute Gasteiger partial charge is 0.395 e. The lowest BCUT2D eigenvalue weighted by atomic mass is 10.1. The number of aliphatic hydroxyl groups excluding tert-OH is 1. The molecular weight excluding hydrogens is 188 g/mol. The van der Waals surface area contributed by atoms with Crippen molar-refractivity contribution in [2.75, 3.05) is 13.2 Å². The Morgan fingerprint density at radius 2 is 1.80 bits per heavy atom. The summed E-state index contributed by atoms with van der Waals surface area (Å²) in [6.07, 6.45) is 8.92. The topological polar surface area (TPSA) is 49.5 Å². The van der Waals surface area contributed by atoms with Gasteiger partial charge in [-0.25, -0.2) is 0 Å². The minimum absolute atomic E-state index is 0.294. The average molecular weight is 212 g/mol.